The summed E-state index contributed by atoms with van der Waals surface area (Å²) in [5.74, 6) is -1.21. The number of carboxylic acids is 1. The van der Waals surface area contributed by atoms with E-state index in [1.165, 1.54) is 16.7 Å². The van der Waals surface area contributed by atoms with Crippen molar-refractivity contribution in [3.8, 4) is 11.1 Å². The molecule has 2 N–H and O–H groups in total. The fourth-order valence-corrected chi connectivity index (χ4v) is 6.50. The zero-order valence-corrected chi connectivity index (χ0v) is 20.3. The Morgan fingerprint density at radius 3 is 2.29 bits per heavy atom. The van der Waals surface area contributed by atoms with Crippen LogP contribution >= 0.6 is 11.8 Å². The number of carbonyl (C=O) groups is 3. The summed E-state index contributed by atoms with van der Waals surface area (Å²) in [7, 11) is 0. The lowest BCUT2D eigenvalue weighted by Gasteiger charge is -2.40. The molecule has 9 heteroatoms. The highest BCUT2D eigenvalue weighted by Gasteiger charge is 2.50. The molecular weight excluding hydrogens is 468 g/mol. The quantitative estimate of drug-likeness (QED) is 0.653. The van der Waals surface area contributed by atoms with Gasteiger partial charge in [-0.15, -0.1) is 11.8 Å². The first-order valence-corrected chi connectivity index (χ1v) is 12.8. The predicted octanol–water partition coefficient (Wildman–Crippen LogP) is 3.45. The van der Waals surface area contributed by atoms with Gasteiger partial charge in [0.15, 0.2) is 0 Å². The highest BCUT2D eigenvalue weighted by atomic mass is 32.2. The summed E-state index contributed by atoms with van der Waals surface area (Å²) >= 11 is 1.41. The number of benzene rings is 2. The van der Waals surface area contributed by atoms with Crippen LogP contribution in [-0.2, 0) is 19.1 Å². The SMILES string of the molecule is CC1SCC(C(=O)O)N1C(=O)C1(NC(=O)OCC2c3ccccc3-c3ccccc32)CCOCC1. The van der Waals surface area contributed by atoms with Gasteiger partial charge in [0.2, 0.25) is 5.91 Å². The second-order valence-electron chi connectivity index (χ2n) is 9.14. The molecule has 0 bridgehead atoms. The van der Waals surface area contributed by atoms with Crippen molar-refractivity contribution < 1.29 is 29.0 Å². The van der Waals surface area contributed by atoms with Gasteiger partial charge in [-0.2, -0.15) is 0 Å². The van der Waals surface area contributed by atoms with Gasteiger partial charge in [0, 0.05) is 37.7 Å². The molecule has 2 aliphatic heterocycles. The number of thioether (sulfide) groups is 1. The van der Waals surface area contributed by atoms with Crippen LogP contribution in [0.1, 0.15) is 36.8 Å². The number of carboxylic acid groups (broad SMARTS) is 1. The highest BCUT2D eigenvalue weighted by molar-refractivity contribution is 8.00. The van der Waals surface area contributed by atoms with E-state index in [0.29, 0.717) is 19.0 Å². The fourth-order valence-electron chi connectivity index (χ4n) is 5.33. The number of hydrogen-bond donors (Lipinski definition) is 2. The van der Waals surface area contributed by atoms with E-state index in [9.17, 15) is 19.5 Å². The Morgan fingerprint density at radius 1 is 1.09 bits per heavy atom. The van der Waals surface area contributed by atoms with Crippen LogP contribution in [-0.4, -0.2) is 70.5 Å². The third-order valence-corrected chi connectivity index (χ3v) is 8.40. The minimum absolute atomic E-state index is 0.0964. The first-order valence-electron chi connectivity index (χ1n) is 11.8. The number of nitrogens with zero attached hydrogens (tertiary/aromatic N) is 1. The van der Waals surface area contributed by atoms with Crippen LogP contribution in [0.2, 0.25) is 0 Å². The molecule has 0 saturated carbocycles. The van der Waals surface area contributed by atoms with E-state index in [0.717, 1.165) is 22.3 Å². The Kier molecular flexibility index (Phi) is 6.46. The van der Waals surface area contributed by atoms with Crippen molar-refractivity contribution in [3.05, 3.63) is 59.7 Å². The van der Waals surface area contributed by atoms with E-state index in [4.69, 9.17) is 9.47 Å². The molecule has 2 aromatic rings. The molecule has 2 unspecified atom stereocenters. The molecule has 184 valence electrons. The van der Waals surface area contributed by atoms with Crippen LogP contribution in [0.15, 0.2) is 48.5 Å². The Bertz CT molecular complexity index is 1100. The molecule has 2 atom stereocenters. The molecular formula is C26H28N2O6S. The molecule has 8 nitrogen and oxygen atoms in total. The van der Waals surface area contributed by atoms with E-state index >= 15 is 0 Å². The van der Waals surface area contributed by atoms with Crippen molar-refractivity contribution >= 4 is 29.7 Å². The molecule has 3 aliphatic rings. The largest absolute Gasteiger partial charge is 0.480 e. The fraction of sp³-hybridized carbons (Fsp3) is 0.423. The van der Waals surface area contributed by atoms with Gasteiger partial charge in [0.1, 0.15) is 18.2 Å². The van der Waals surface area contributed by atoms with Gasteiger partial charge in [-0.05, 0) is 29.2 Å². The van der Waals surface area contributed by atoms with E-state index in [2.05, 4.69) is 17.4 Å². The summed E-state index contributed by atoms with van der Waals surface area (Å²) in [6, 6.07) is 15.2. The maximum absolute atomic E-state index is 13.7. The molecule has 2 amide bonds. The Balaban J connectivity index is 1.33. The summed E-state index contributed by atoms with van der Waals surface area (Å²) < 4.78 is 11.2. The first kappa shape index (κ1) is 23.7. The summed E-state index contributed by atoms with van der Waals surface area (Å²) in [6.45, 7) is 2.53. The zero-order valence-electron chi connectivity index (χ0n) is 19.4. The summed E-state index contributed by atoms with van der Waals surface area (Å²) in [4.78, 5) is 39.9. The van der Waals surface area contributed by atoms with Crippen molar-refractivity contribution in [1.29, 1.82) is 0 Å². The second kappa shape index (κ2) is 9.54. The molecule has 35 heavy (non-hydrogen) atoms. The van der Waals surface area contributed by atoms with Crippen LogP contribution in [0.3, 0.4) is 0 Å². The van der Waals surface area contributed by atoms with E-state index in [1.807, 2.05) is 43.3 Å². The second-order valence-corrected chi connectivity index (χ2v) is 10.5. The molecule has 2 aromatic carbocycles. The third kappa shape index (κ3) is 4.27. The van der Waals surface area contributed by atoms with Crippen LogP contribution in [0.25, 0.3) is 11.1 Å². The van der Waals surface area contributed by atoms with Crippen molar-refractivity contribution in [2.45, 2.75) is 42.6 Å². The zero-order chi connectivity index (χ0) is 24.6. The van der Waals surface area contributed by atoms with Gasteiger partial charge >= 0.3 is 12.1 Å². The Hall–Kier alpha value is -3.04. The number of aliphatic carboxylic acids is 1. The van der Waals surface area contributed by atoms with E-state index in [1.54, 1.807) is 0 Å². The Morgan fingerprint density at radius 2 is 1.69 bits per heavy atom. The molecule has 0 radical (unpaired) electrons. The van der Waals surface area contributed by atoms with Crippen LogP contribution < -0.4 is 5.32 Å². The van der Waals surface area contributed by atoms with Crippen LogP contribution in [0.5, 0.6) is 0 Å². The lowest BCUT2D eigenvalue weighted by atomic mass is 9.88. The maximum Gasteiger partial charge on any atom is 0.408 e. The minimum Gasteiger partial charge on any atom is -0.480 e. The normalized spacial score (nSPS) is 22.8. The molecule has 5 rings (SSSR count). The molecule has 0 aromatic heterocycles. The van der Waals surface area contributed by atoms with Gasteiger partial charge in [-0.3, -0.25) is 4.79 Å². The smallest absolute Gasteiger partial charge is 0.408 e. The third-order valence-electron chi connectivity index (χ3n) is 7.18. The molecule has 2 heterocycles. The van der Waals surface area contributed by atoms with Crippen molar-refractivity contribution in [2.75, 3.05) is 25.6 Å². The number of fused-ring (bicyclic) bond motifs is 3. The highest BCUT2D eigenvalue weighted by Crippen LogP contribution is 2.44. The number of nitrogens with one attached hydrogen (secondary N) is 1. The van der Waals surface area contributed by atoms with Crippen molar-refractivity contribution in [1.82, 2.24) is 10.2 Å². The Labute approximate surface area is 208 Å². The average Bonchev–Trinajstić information content (AvgIpc) is 3.41. The summed E-state index contributed by atoms with van der Waals surface area (Å²) in [5.41, 5.74) is 3.21. The minimum atomic E-state index is -1.26. The topological polar surface area (TPSA) is 105 Å². The predicted molar refractivity (Wildman–Crippen MR) is 131 cm³/mol. The van der Waals surface area contributed by atoms with Crippen LogP contribution in [0.4, 0.5) is 4.79 Å². The van der Waals surface area contributed by atoms with Crippen LogP contribution in [0, 0.1) is 0 Å². The molecule has 2 fully saturated rings. The number of ether oxygens (including phenoxy) is 2. The van der Waals surface area contributed by atoms with E-state index in [-0.39, 0.29) is 36.6 Å². The number of alkyl carbamates (subject to hydrolysis) is 1. The number of carbonyl (C=O) groups excluding carboxylic acids is 2. The number of amides is 2. The van der Waals surface area contributed by atoms with Gasteiger partial charge < -0.3 is 24.8 Å². The summed E-state index contributed by atoms with van der Waals surface area (Å²) in [6.07, 6.45) is -0.166. The lowest BCUT2D eigenvalue weighted by Crippen LogP contribution is -2.64. The van der Waals surface area contributed by atoms with Crippen molar-refractivity contribution in [2.24, 2.45) is 0 Å². The average molecular weight is 497 g/mol. The van der Waals surface area contributed by atoms with Gasteiger partial charge in [-0.25, -0.2) is 9.59 Å². The maximum atomic E-state index is 13.7. The molecule has 2 saturated heterocycles. The first-order chi connectivity index (χ1) is 16.9. The molecule has 1 aliphatic carbocycles. The van der Waals surface area contributed by atoms with Gasteiger partial charge in [-0.1, -0.05) is 48.5 Å². The summed E-state index contributed by atoms with van der Waals surface area (Å²) in [5, 5.41) is 12.2. The van der Waals surface area contributed by atoms with Gasteiger partial charge in [0.05, 0.1) is 5.37 Å². The van der Waals surface area contributed by atoms with Crippen molar-refractivity contribution in [3.63, 3.8) is 0 Å². The number of hydrogen-bond acceptors (Lipinski definition) is 6. The lowest BCUT2D eigenvalue weighted by molar-refractivity contribution is -0.154. The monoisotopic (exact) mass is 496 g/mol. The standard InChI is InChI=1S/C26H28N2O6S/c1-16-28(22(15-35-16)23(29)30)24(31)26(10-12-33-13-11-26)27-25(32)34-14-21-19-8-4-2-6-17(19)18-7-3-5-9-20(18)21/h2-9,16,21-22H,10-15H2,1H3,(H,27,32)(H,29,30). The van der Waals surface area contributed by atoms with E-state index < -0.39 is 23.6 Å². The van der Waals surface area contributed by atoms with Gasteiger partial charge in [0.25, 0.3) is 0 Å². The molecule has 0 spiro atoms. The number of rotatable bonds is 5.